The van der Waals surface area contributed by atoms with Gasteiger partial charge in [-0.1, -0.05) is 6.92 Å². The Labute approximate surface area is 113 Å². The van der Waals surface area contributed by atoms with E-state index in [9.17, 15) is 4.79 Å². The van der Waals surface area contributed by atoms with Gasteiger partial charge in [-0.3, -0.25) is 9.78 Å². The predicted molar refractivity (Wildman–Crippen MR) is 73.0 cm³/mol. The first-order valence-electron chi connectivity index (χ1n) is 7.17. The monoisotopic (exact) mass is 260 g/mol. The molecule has 2 aliphatic rings. The molecule has 1 aromatic rings. The lowest BCUT2D eigenvalue weighted by Crippen LogP contribution is -2.43. The van der Waals surface area contributed by atoms with Gasteiger partial charge in [0.15, 0.2) is 0 Å². The third kappa shape index (κ3) is 2.25. The molecule has 0 aliphatic carbocycles. The third-order valence-electron chi connectivity index (χ3n) is 4.20. The summed E-state index contributed by atoms with van der Waals surface area (Å²) in [6, 6.07) is 1.95. The number of ether oxygens (including phenoxy) is 1. The van der Waals surface area contributed by atoms with Gasteiger partial charge >= 0.3 is 0 Å². The summed E-state index contributed by atoms with van der Waals surface area (Å²) < 4.78 is 5.75. The number of nitrogens with zero attached hydrogens (tertiary/aromatic N) is 2. The second-order valence-electron chi connectivity index (χ2n) is 5.31. The number of carbonyl (C=O) groups excluding carboxylic acids is 1. The van der Waals surface area contributed by atoms with Crippen LogP contribution in [0.3, 0.4) is 0 Å². The molecule has 4 heteroatoms. The normalized spacial score (nSPS) is 26.3. The molecule has 3 heterocycles. The van der Waals surface area contributed by atoms with Crippen molar-refractivity contribution in [3.05, 3.63) is 24.0 Å². The molecule has 1 amide bonds. The van der Waals surface area contributed by atoms with E-state index >= 15 is 0 Å². The molecule has 3 rings (SSSR count). The van der Waals surface area contributed by atoms with Gasteiger partial charge in [-0.2, -0.15) is 0 Å². The van der Waals surface area contributed by atoms with Crippen LogP contribution < -0.4 is 4.90 Å². The zero-order valence-corrected chi connectivity index (χ0v) is 11.3. The SMILES string of the molecule is CC[C@@H]1OCCC[C@@H]1C(=O)N1CCc2cnccc21. The number of pyridine rings is 1. The summed E-state index contributed by atoms with van der Waals surface area (Å²) in [4.78, 5) is 18.8. The second-order valence-corrected chi connectivity index (χ2v) is 5.31. The van der Waals surface area contributed by atoms with Gasteiger partial charge in [0.1, 0.15) is 0 Å². The molecular weight excluding hydrogens is 240 g/mol. The number of hydrogen-bond donors (Lipinski definition) is 0. The van der Waals surface area contributed by atoms with Crippen LogP contribution in [0.1, 0.15) is 31.7 Å². The van der Waals surface area contributed by atoms with Gasteiger partial charge < -0.3 is 9.64 Å². The zero-order valence-electron chi connectivity index (χ0n) is 11.3. The molecule has 0 saturated carbocycles. The van der Waals surface area contributed by atoms with Crippen molar-refractivity contribution in [2.45, 2.75) is 38.7 Å². The number of anilines is 1. The zero-order chi connectivity index (χ0) is 13.2. The molecule has 0 spiro atoms. The lowest BCUT2D eigenvalue weighted by atomic mass is 9.91. The highest BCUT2D eigenvalue weighted by molar-refractivity contribution is 5.97. The second kappa shape index (κ2) is 5.29. The van der Waals surface area contributed by atoms with Gasteiger partial charge in [-0.05, 0) is 37.3 Å². The molecule has 19 heavy (non-hydrogen) atoms. The van der Waals surface area contributed by atoms with Crippen LogP contribution in [0.5, 0.6) is 0 Å². The molecule has 0 N–H and O–H groups in total. The molecule has 0 aromatic carbocycles. The molecule has 0 radical (unpaired) electrons. The third-order valence-corrected chi connectivity index (χ3v) is 4.20. The minimum Gasteiger partial charge on any atom is -0.377 e. The van der Waals surface area contributed by atoms with E-state index in [1.165, 1.54) is 5.56 Å². The van der Waals surface area contributed by atoms with Crippen LogP contribution >= 0.6 is 0 Å². The fraction of sp³-hybridized carbons (Fsp3) is 0.600. The lowest BCUT2D eigenvalue weighted by Gasteiger charge is -2.33. The van der Waals surface area contributed by atoms with E-state index in [1.807, 2.05) is 17.2 Å². The fourth-order valence-corrected chi connectivity index (χ4v) is 3.18. The van der Waals surface area contributed by atoms with Crippen molar-refractivity contribution < 1.29 is 9.53 Å². The van der Waals surface area contributed by atoms with Crippen molar-refractivity contribution in [3.8, 4) is 0 Å². The largest absolute Gasteiger partial charge is 0.377 e. The summed E-state index contributed by atoms with van der Waals surface area (Å²) >= 11 is 0. The van der Waals surface area contributed by atoms with Crippen molar-refractivity contribution in [2.75, 3.05) is 18.1 Å². The van der Waals surface area contributed by atoms with E-state index in [1.54, 1.807) is 6.20 Å². The molecule has 4 nitrogen and oxygen atoms in total. The number of carbonyl (C=O) groups is 1. The summed E-state index contributed by atoms with van der Waals surface area (Å²) in [6.07, 6.45) is 7.49. The quantitative estimate of drug-likeness (QED) is 0.818. The Morgan fingerprint density at radius 3 is 3.32 bits per heavy atom. The van der Waals surface area contributed by atoms with Gasteiger partial charge in [0.25, 0.3) is 0 Å². The van der Waals surface area contributed by atoms with Crippen molar-refractivity contribution >= 4 is 11.6 Å². The van der Waals surface area contributed by atoms with E-state index in [0.29, 0.717) is 0 Å². The topological polar surface area (TPSA) is 42.4 Å². The predicted octanol–water partition coefficient (Wildman–Crippen LogP) is 2.18. The summed E-state index contributed by atoms with van der Waals surface area (Å²) in [5, 5.41) is 0. The number of hydrogen-bond acceptors (Lipinski definition) is 3. The maximum absolute atomic E-state index is 12.8. The Bertz CT molecular complexity index is 475. The smallest absolute Gasteiger partial charge is 0.232 e. The van der Waals surface area contributed by atoms with Crippen LogP contribution in [-0.2, 0) is 16.0 Å². The minimum absolute atomic E-state index is 0.0258. The van der Waals surface area contributed by atoms with Crippen molar-refractivity contribution in [3.63, 3.8) is 0 Å². The summed E-state index contributed by atoms with van der Waals surface area (Å²) in [7, 11) is 0. The van der Waals surface area contributed by atoms with E-state index in [4.69, 9.17) is 4.74 Å². The highest BCUT2D eigenvalue weighted by atomic mass is 16.5. The molecule has 1 aromatic heterocycles. The van der Waals surface area contributed by atoms with Crippen LogP contribution in [0, 0.1) is 5.92 Å². The number of rotatable bonds is 2. The first-order chi connectivity index (χ1) is 9.31. The molecule has 1 saturated heterocycles. The molecule has 0 bridgehead atoms. The van der Waals surface area contributed by atoms with Gasteiger partial charge in [0, 0.05) is 31.2 Å². The van der Waals surface area contributed by atoms with Gasteiger partial charge in [0.05, 0.1) is 12.0 Å². The Balaban J connectivity index is 1.81. The fourth-order valence-electron chi connectivity index (χ4n) is 3.18. The van der Waals surface area contributed by atoms with Crippen LogP contribution in [0.15, 0.2) is 18.5 Å². The Morgan fingerprint density at radius 2 is 2.47 bits per heavy atom. The highest BCUT2D eigenvalue weighted by Gasteiger charge is 2.36. The van der Waals surface area contributed by atoms with E-state index in [-0.39, 0.29) is 17.9 Å². The average Bonchev–Trinajstić information content (AvgIpc) is 2.90. The Hall–Kier alpha value is -1.42. The molecule has 0 unspecified atom stereocenters. The molecule has 1 fully saturated rings. The van der Waals surface area contributed by atoms with Gasteiger partial charge in [-0.15, -0.1) is 0 Å². The van der Waals surface area contributed by atoms with Crippen LogP contribution in [-0.4, -0.2) is 30.1 Å². The lowest BCUT2D eigenvalue weighted by molar-refractivity contribution is -0.131. The van der Waals surface area contributed by atoms with Crippen molar-refractivity contribution in [1.29, 1.82) is 0 Å². The summed E-state index contributed by atoms with van der Waals surface area (Å²) in [5.41, 5.74) is 2.22. The summed E-state index contributed by atoms with van der Waals surface area (Å²) in [6.45, 7) is 3.67. The van der Waals surface area contributed by atoms with Crippen molar-refractivity contribution in [2.24, 2.45) is 5.92 Å². The maximum Gasteiger partial charge on any atom is 0.232 e. The van der Waals surface area contributed by atoms with Crippen molar-refractivity contribution in [1.82, 2.24) is 4.98 Å². The van der Waals surface area contributed by atoms with Gasteiger partial charge in [-0.25, -0.2) is 0 Å². The van der Waals surface area contributed by atoms with Crippen LogP contribution in [0.25, 0.3) is 0 Å². The standard InChI is InChI=1S/C15H20N2O2/c1-2-14-12(4-3-9-19-14)15(18)17-8-6-11-10-16-7-5-13(11)17/h5,7,10,12,14H,2-4,6,8-9H2,1H3/t12-,14-/m0/s1. The Morgan fingerprint density at radius 1 is 1.58 bits per heavy atom. The first kappa shape index (κ1) is 12.6. The summed E-state index contributed by atoms with van der Waals surface area (Å²) in [5.74, 6) is 0.259. The first-order valence-corrected chi connectivity index (χ1v) is 7.17. The minimum atomic E-state index is 0.0258. The van der Waals surface area contributed by atoms with E-state index < -0.39 is 0 Å². The van der Waals surface area contributed by atoms with Gasteiger partial charge in [0.2, 0.25) is 5.91 Å². The van der Waals surface area contributed by atoms with E-state index in [0.717, 1.165) is 44.5 Å². The number of fused-ring (bicyclic) bond motifs is 1. The van der Waals surface area contributed by atoms with Crippen LogP contribution in [0.2, 0.25) is 0 Å². The molecular formula is C15H20N2O2. The number of amides is 1. The number of aromatic nitrogens is 1. The van der Waals surface area contributed by atoms with Crippen LogP contribution in [0.4, 0.5) is 5.69 Å². The maximum atomic E-state index is 12.8. The van der Waals surface area contributed by atoms with E-state index in [2.05, 4.69) is 11.9 Å². The highest BCUT2D eigenvalue weighted by Crippen LogP contribution is 2.32. The Kier molecular flexibility index (Phi) is 3.51. The average molecular weight is 260 g/mol. The molecule has 2 aliphatic heterocycles. The molecule has 2 atom stereocenters. The molecule has 102 valence electrons.